The normalized spacial score (nSPS) is 14.3. The molecule has 1 aliphatic rings. The van der Waals surface area contributed by atoms with Crippen molar-refractivity contribution in [3.8, 4) is 11.5 Å². The van der Waals surface area contributed by atoms with Crippen LogP contribution in [-0.4, -0.2) is 19.1 Å². The third-order valence-corrected chi connectivity index (χ3v) is 4.27. The second-order valence-corrected chi connectivity index (χ2v) is 6.09. The molecule has 2 aromatic rings. The predicted molar refractivity (Wildman–Crippen MR) is 90.1 cm³/mol. The highest BCUT2D eigenvalue weighted by Gasteiger charge is 2.21. The lowest BCUT2D eigenvalue weighted by Crippen LogP contribution is -2.16. The molecule has 0 radical (unpaired) electrons. The van der Waals surface area contributed by atoms with Crippen molar-refractivity contribution in [2.24, 2.45) is 0 Å². The first-order chi connectivity index (χ1) is 12.5. The number of methoxy groups -OCH3 is 1. The van der Waals surface area contributed by atoms with Crippen LogP contribution in [-0.2, 0) is 0 Å². The van der Waals surface area contributed by atoms with E-state index >= 15 is 0 Å². The van der Waals surface area contributed by atoms with Crippen LogP contribution in [0.25, 0.3) is 0 Å². The molecule has 0 unspecified atom stereocenters. The monoisotopic (exact) mass is 365 g/mol. The summed E-state index contributed by atoms with van der Waals surface area (Å²) in [7, 11) is 1.49. The minimum Gasteiger partial charge on any atom is -0.493 e. The van der Waals surface area contributed by atoms with Gasteiger partial charge in [-0.2, -0.15) is 0 Å². The molecule has 0 heterocycles. The first-order valence-electron chi connectivity index (χ1n) is 8.28. The molecule has 0 saturated heterocycles. The number of halogens is 3. The van der Waals surface area contributed by atoms with Crippen molar-refractivity contribution in [2.75, 3.05) is 12.4 Å². The summed E-state index contributed by atoms with van der Waals surface area (Å²) in [4.78, 5) is 12.4. The third-order valence-electron chi connectivity index (χ3n) is 4.27. The molecule has 1 amide bonds. The fourth-order valence-corrected chi connectivity index (χ4v) is 2.94. The fourth-order valence-electron chi connectivity index (χ4n) is 2.94. The van der Waals surface area contributed by atoms with Crippen LogP contribution in [0, 0.1) is 17.5 Å². The van der Waals surface area contributed by atoms with Gasteiger partial charge in [0.15, 0.2) is 23.1 Å². The van der Waals surface area contributed by atoms with Crippen LogP contribution in [0.4, 0.5) is 18.9 Å². The van der Waals surface area contributed by atoms with Gasteiger partial charge in [0.05, 0.1) is 13.2 Å². The number of carbonyl (C=O) groups excluding carboxylic acids is 1. The maximum atomic E-state index is 13.7. The summed E-state index contributed by atoms with van der Waals surface area (Å²) in [5.41, 5.74) is -0.563. The number of carbonyl (C=O) groups is 1. The lowest BCUT2D eigenvalue weighted by molar-refractivity contribution is 0.102. The maximum absolute atomic E-state index is 13.7. The van der Waals surface area contributed by atoms with E-state index in [-0.39, 0.29) is 11.7 Å². The van der Waals surface area contributed by atoms with Crippen LogP contribution in [0.5, 0.6) is 11.5 Å². The van der Waals surface area contributed by atoms with Crippen LogP contribution in [0.3, 0.4) is 0 Å². The minimum absolute atomic E-state index is 0.0502. The van der Waals surface area contributed by atoms with Crippen molar-refractivity contribution in [3.63, 3.8) is 0 Å². The number of nitrogens with one attached hydrogen (secondary N) is 1. The SMILES string of the molecule is COc1ccc(C(=O)Nc2c(F)cc(F)cc2F)cc1OC1CCCC1. The van der Waals surface area contributed by atoms with Gasteiger partial charge in [0.2, 0.25) is 0 Å². The zero-order chi connectivity index (χ0) is 18.7. The van der Waals surface area contributed by atoms with Crippen molar-refractivity contribution < 1.29 is 27.4 Å². The number of ether oxygens (including phenoxy) is 2. The van der Waals surface area contributed by atoms with Gasteiger partial charge < -0.3 is 14.8 Å². The molecule has 0 spiro atoms. The van der Waals surface area contributed by atoms with Crippen molar-refractivity contribution >= 4 is 11.6 Å². The Bertz CT molecular complexity index is 797. The van der Waals surface area contributed by atoms with Crippen molar-refractivity contribution in [1.29, 1.82) is 0 Å². The first-order valence-corrected chi connectivity index (χ1v) is 8.28. The molecular formula is C19H18F3NO3. The Morgan fingerprint density at radius 1 is 1.04 bits per heavy atom. The summed E-state index contributed by atoms with van der Waals surface area (Å²) in [6, 6.07) is 5.47. The maximum Gasteiger partial charge on any atom is 0.255 e. The van der Waals surface area contributed by atoms with E-state index in [4.69, 9.17) is 9.47 Å². The Kier molecular flexibility index (Phi) is 5.35. The number of rotatable bonds is 5. The van der Waals surface area contributed by atoms with Gasteiger partial charge in [-0.1, -0.05) is 0 Å². The average molecular weight is 365 g/mol. The Morgan fingerprint density at radius 3 is 2.31 bits per heavy atom. The van der Waals surface area contributed by atoms with Crippen LogP contribution in [0.1, 0.15) is 36.0 Å². The molecule has 0 aliphatic heterocycles. The second-order valence-electron chi connectivity index (χ2n) is 6.09. The number of benzene rings is 2. The number of hydrogen-bond acceptors (Lipinski definition) is 3. The third kappa shape index (κ3) is 3.92. The molecule has 1 aliphatic carbocycles. The lowest BCUT2D eigenvalue weighted by Gasteiger charge is -2.17. The van der Waals surface area contributed by atoms with E-state index in [2.05, 4.69) is 5.32 Å². The summed E-state index contributed by atoms with van der Waals surface area (Å²) in [5.74, 6) is -3.32. The quantitative estimate of drug-likeness (QED) is 0.836. The average Bonchev–Trinajstić information content (AvgIpc) is 3.11. The molecule has 7 heteroatoms. The van der Waals surface area contributed by atoms with Crippen LogP contribution >= 0.6 is 0 Å². The minimum atomic E-state index is -1.19. The molecule has 1 N–H and O–H groups in total. The van der Waals surface area contributed by atoms with E-state index in [0.29, 0.717) is 23.6 Å². The van der Waals surface area contributed by atoms with Crippen LogP contribution in [0.2, 0.25) is 0 Å². The summed E-state index contributed by atoms with van der Waals surface area (Å²) in [6.45, 7) is 0. The highest BCUT2D eigenvalue weighted by Crippen LogP contribution is 2.33. The summed E-state index contributed by atoms with van der Waals surface area (Å²) in [5, 5.41) is 2.13. The molecule has 4 nitrogen and oxygen atoms in total. The van der Waals surface area contributed by atoms with Crippen molar-refractivity contribution in [1.82, 2.24) is 0 Å². The van der Waals surface area contributed by atoms with E-state index in [1.807, 2.05) is 0 Å². The second kappa shape index (κ2) is 7.68. The molecule has 0 atom stereocenters. The molecule has 1 fully saturated rings. The van der Waals surface area contributed by atoms with E-state index < -0.39 is 29.0 Å². The van der Waals surface area contributed by atoms with E-state index in [9.17, 15) is 18.0 Å². The Morgan fingerprint density at radius 2 is 1.69 bits per heavy atom. The van der Waals surface area contributed by atoms with Gasteiger partial charge in [-0.15, -0.1) is 0 Å². The topological polar surface area (TPSA) is 47.6 Å². The largest absolute Gasteiger partial charge is 0.493 e. The molecule has 26 heavy (non-hydrogen) atoms. The molecule has 0 aromatic heterocycles. The molecule has 2 aromatic carbocycles. The number of amides is 1. The zero-order valence-electron chi connectivity index (χ0n) is 14.2. The summed E-state index contributed by atoms with van der Waals surface area (Å²) in [6.07, 6.45) is 4.05. The van der Waals surface area contributed by atoms with Crippen LogP contribution < -0.4 is 14.8 Å². The van der Waals surface area contributed by atoms with E-state index in [1.165, 1.54) is 19.2 Å². The fraction of sp³-hybridized carbons (Fsp3) is 0.316. The van der Waals surface area contributed by atoms with Crippen molar-refractivity contribution in [3.05, 3.63) is 53.3 Å². The zero-order valence-corrected chi connectivity index (χ0v) is 14.2. The standard InChI is InChI=1S/C19H18F3NO3/c1-25-16-7-6-11(8-17(16)26-13-4-2-3-5-13)19(24)23-18-14(21)9-12(20)10-15(18)22/h6-10,13H,2-5H2,1H3,(H,23,24). The van der Waals surface area contributed by atoms with Gasteiger partial charge in [0, 0.05) is 17.7 Å². The molecule has 3 rings (SSSR count). The number of anilines is 1. The van der Waals surface area contributed by atoms with Gasteiger partial charge in [0.25, 0.3) is 5.91 Å². The van der Waals surface area contributed by atoms with Crippen molar-refractivity contribution in [2.45, 2.75) is 31.8 Å². The highest BCUT2D eigenvalue weighted by molar-refractivity contribution is 6.04. The Labute approximate surface area is 148 Å². The number of hydrogen-bond donors (Lipinski definition) is 1. The molecule has 0 bridgehead atoms. The van der Waals surface area contributed by atoms with Gasteiger partial charge >= 0.3 is 0 Å². The lowest BCUT2D eigenvalue weighted by atomic mass is 10.1. The molecule has 1 saturated carbocycles. The Hall–Kier alpha value is -2.70. The first kappa shape index (κ1) is 18.1. The van der Waals surface area contributed by atoms with Gasteiger partial charge in [-0.3, -0.25) is 4.79 Å². The molecule has 138 valence electrons. The molecular weight excluding hydrogens is 347 g/mol. The van der Waals surface area contributed by atoms with E-state index in [0.717, 1.165) is 25.7 Å². The predicted octanol–water partition coefficient (Wildman–Crippen LogP) is 4.69. The summed E-state index contributed by atoms with van der Waals surface area (Å²) >= 11 is 0. The van der Waals surface area contributed by atoms with Gasteiger partial charge in [-0.05, 0) is 43.9 Å². The Balaban J connectivity index is 1.83. The van der Waals surface area contributed by atoms with Gasteiger partial charge in [0.1, 0.15) is 11.5 Å². The van der Waals surface area contributed by atoms with Gasteiger partial charge in [-0.25, -0.2) is 13.2 Å². The van der Waals surface area contributed by atoms with E-state index in [1.54, 1.807) is 6.07 Å². The summed E-state index contributed by atoms with van der Waals surface area (Å²) < 4.78 is 51.5. The highest BCUT2D eigenvalue weighted by atomic mass is 19.1. The smallest absolute Gasteiger partial charge is 0.255 e. The van der Waals surface area contributed by atoms with Crippen LogP contribution in [0.15, 0.2) is 30.3 Å².